The van der Waals surface area contributed by atoms with Crippen molar-refractivity contribution in [3.8, 4) is 17.3 Å². The van der Waals surface area contributed by atoms with Crippen LogP contribution in [0.25, 0.3) is 11.5 Å². The van der Waals surface area contributed by atoms with Gasteiger partial charge in [0.1, 0.15) is 23.6 Å². The number of amides is 1. The zero-order chi connectivity index (χ0) is 26.8. The van der Waals surface area contributed by atoms with Crippen molar-refractivity contribution < 1.29 is 14.0 Å². The minimum Gasteiger partial charge on any atom is -0.496 e. The van der Waals surface area contributed by atoms with Gasteiger partial charge in [0.15, 0.2) is 14.1 Å². The van der Waals surface area contributed by atoms with Crippen molar-refractivity contribution in [3.05, 3.63) is 53.3 Å². The quantitative estimate of drug-likeness (QED) is 0.409. The number of nitrogens with one attached hydrogen (secondary N) is 2. The molecule has 0 unspecified atom stereocenters. The number of rotatable bonds is 8. The van der Waals surface area contributed by atoms with Gasteiger partial charge in [0, 0.05) is 6.54 Å². The molecule has 0 saturated carbocycles. The Morgan fingerprint density at radius 3 is 2.76 bits per heavy atom. The normalized spacial score (nSPS) is 14.7. The van der Waals surface area contributed by atoms with E-state index in [0.29, 0.717) is 35.3 Å². The highest BCUT2D eigenvalue weighted by Gasteiger charge is 2.37. The van der Waals surface area contributed by atoms with Gasteiger partial charge in [-0.1, -0.05) is 26.8 Å². The number of carbonyl (C=O) groups excluding carboxylic acids is 1. The maximum Gasteiger partial charge on any atom is 0.260 e. The topological polar surface area (TPSA) is 103 Å². The lowest BCUT2D eigenvalue weighted by molar-refractivity contribution is 0.102. The van der Waals surface area contributed by atoms with Crippen LogP contribution in [0.1, 0.15) is 55.2 Å². The van der Waals surface area contributed by atoms with E-state index in [9.17, 15) is 4.79 Å². The Morgan fingerprint density at radius 1 is 1.24 bits per heavy atom. The van der Waals surface area contributed by atoms with Crippen LogP contribution >= 0.6 is 0 Å². The Bertz CT molecular complexity index is 1270. The molecule has 1 aromatic carbocycles. The minimum atomic E-state index is -1.89. The number of nitrogens with zero attached hydrogens (tertiary/aromatic N) is 4. The van der Waals surface area contributed by atoms with Crippen LogP contribution in [0.4, 0.5) is 5.82 Å². The minimum absolute atomic E-state index is 0.0209. The predicted molar refractivity (Wildman–Crippen MR) is 147 cm³/mol. The fourth-order valence-corrected chi connectivity index (χ4v) is 5.13. The largest absolute Gasteiger partial charge is 0.496 e. The van der Waals surface area contributed by atoms with Crippen LogP contribution in [-0.4, -0.2) is 54.2 Å². The maximum absolute atomic E-state index is 13.2. The molecule has 0 fully saturated rings. The SMILES string of the molecule is COc1cc2c(cc1C(=O)Nc1cccc(-c3nncn3[C@H](C)CO[Si](C)(C)C(C)(C)C)n1)CNCC2. The van der Waals surface area contributed by atoms with Gasteiger partial charge in [0.25, 0.3) is 5.91 Å². The van der Waals surface area contributed by atoms with Gasteiger partial charge in [0.05, 0.1) is 25.3 Å². The smallest absolute Gasteiger partial charge is 0.260 e. The number of benzene rings is 1. The van der Waals surface area contributed by atoms with Crippen molar-refractivity contribution in [3.63, 3.8) is 0 Å². The molecule has 0 saturated heterocycles. The molecule has 1 aliphatic rings. The number of hydrogen-bond acceptors (Lipinski definition) is 7. The molecule has 0 bridgehead atoms. The molecular formula is C27H38N6O3Si. The Morgan fingerprint density at radius 2 is 2.03 bits per heavy atom. The third-order valence-corrected chi connectivity index (χ3v) is 11.9. The first-order chi connectivity index (χ1) is 17.5. The molecule has 37 heavy (non-hydrogen) atoms. The van der Waals surface area contributed by atoms with E-state index in [1.807, 2.05) is 28.8 Å². The molecule has 0 aliphatic carbocycles. The van der Waals surface area contributed by atoms with Gasteiger partial charge in [-0.2, -0.15) is 0 Å². The van der Waals surface area contributed by atoms with E-state index < -0.39 is 8.32 Å². The molecular weight excluding hydrogens is 484 g/mol. The van der Waals surface area contributed by atoms with Gasteiger partial charge in [-0.3, -0.25) is 4.79 Å². The first-order valence-electron chi connectivity index (χ1n) is 12.7. The second kappa shape index (κ2) is 10.7. The fourth-order valence-electron chi connectivity index (χ4n) is 4.04. The number of hydrogen-bond donors (Lipinski definition) is 2. The molecule has 3 heterocycles. The average molecular weight is 523 g/mol. The van der Waals surface area contributed by atoms with E-state index >= 15 is 0 Å². The number of carbonyl (C=O) groups is 1. The van der Waals surface area contributed by atoms with Gasteiger partial charge in [-0.25, -0.2) is 4.98 Å². The number of aromatic nitrogens is 4. The summed E-state index contributed by atoms with van der Waals surface area (Å²) in [6.07, 6.45) is 2.62. The summed E-state index contributed by atoms with van der Waals surface area (Å²) in [4.78, 5) is 17.9. The zero-order valence-corrected chi connectivity index (χ0v) is 23.9. The molecule has 198 valence electrons. The highest BCUT2D eigenvalue weighted by atomic mass is 28.4. The van der Waals surface area contributed by atoms with E-state index in [-0.39, 0.29) is 17.0 Å². The lowest BCUT2D eigenvalue weighted by Crippen LogP contribution is -2.42. The number of methoxy groups -OCH3 is 1. The van der Waals surface area contributed by atoms with E-state index in [1.165, 1.54) is 5.56 Å². The lowest BCUT2D eigenvalue weighted by Gasteiger charge is -2.37. The summed E-state index contributed by atoms with van der Waals surface area (Å²) in [5, 5.41) is 14.9. The molecule has 10 heteroatoms. The molecule has 0 spiro atoms. The molecule has 1 atom stereocenters. The number of anilines is 1. The Hall–Kier alpha value is -3.08. The Labute approximate surface area is 220 Å². The number of fused-ring (bicyclic) bond motifs is 1. The van der Waals surface area contributed by atoms with Crippen molar-refractivity contribution in [1.29, 1.82) is 0 Å². The Balaban J connectivity index is 1.52. The van der Waals surface area contributed by atoms with E-state index in [4.69, 9.17) is 9.16 Å². The van der Waals surface area contributed by atoms with Crippen molar-refractivity contribution in [2.75, 3.05) is 25.6 Å². The molecule has 1 amide bonds. The number of ether oxygens (including phenoxy) is 1. The second-order valence-electron chi connectivity index (χ2n) is 11.1. The first-order valence-corrected chi connectivity index (χ1v) is 15.6. The van der Waals surface area contributed by atoms with Gasteiger partial charge in [-0.05, 0) is 73.4 Å². The Kier molecular flexibility index (Phi) is 7.82. The third kappa shape index (κ3) is 5.92. The van der Waals surface area contributed by atoms with Crippen molar-refractivity contribution >= 4 is 20.0 Å². The predicted octanol–water partition coefficient (Wildman–Crippen LogP) is 4.83. The second-order valence-corrected chi connectivity index (χ2v) is 15.9. The highest BCUT2D eigenvalue weighted by molar-refractivity contribution is 6.74. The molecule has 9 nitrogen and oxygen atoms in total. The summed E-state index contributed by atoms with van der Waals surface area (Å²) < 4.78 is 13.9. The highest BCUT2D eigenvalue weighted by Crippen LogP contribution is 2.37. The van der Waals surface area contributed by atoms with E-state index in [0.717, 1.165) is 25.1 Å². The zero-order valence-electron chi connectivity index (χ0n) is 22.9. The van der Waals surface area contributed by atoms with Crippen LogP contribution < -0.4 is 15.4 Å². The molecule has 2 aromatic heterocycles. The first kappa shape index (κ1) is 27.0. The van der Waals surface area contributed by atoms with Crippen LogP contribution in [0, 0.1) is 0 Å². The summed E-state index contributed by atoms with van der Waals surface area (Å²) in [6.45, 7) is 15.5. The van der Waals surface area contributed by atoms with Crippen LogP contribution in [0.5, 0.6) is 5.75 Å². The van der Waals surface area contributed by atoms with Crippen molar-refractivity contribution in [2.24, 2.45) is 0 Å². The van der Waals surface area contributed by atoms with Gasteiger partial charge >= 0.3 is 0 Å². The summed E-state index contributed by atoms with van der Waals surface area (Å²) in [5.74, 6) is 1.34. The van der Waals surface area contributed by atoms with Crippen molar-refractivity contribution in [1.82, 2.24) is 25.1 Å². The summed E-state index contributed by atoms with van der Waals surface area (Å²) in [7, 11) is -0.301. The van der Waals surface area contributed by atoms with Crippen LogP contribution in [0.3, 0.4) is 0 Å². The van der Waals surface area contributed by atoms with Gasteiger partial charge < -0.3 is 24.4 Å². The third-order valence-electron chi connectivity index (χ3n) is 7.41. The summed E-state index contributed by atoms with van der Waals surface area (Å²) in [5.41, 5.74) is 3.42. The maximum atomic E-state index is 13.2. The molecule has 1 aliphatic heterocycles. The van der Waals surface area contributed by atoms with Gasteiger partial charge in [0.2, 0.25) is 0 Å². The summed E-state index contributed by atoms with van der Waals surface area (Å²) >= 11 is 0. The van der Waals surface area contributed by atoms with Crippen molar-refractivity contribution in [2.45, 2.75) is 64.8 Å². The molecule has 3 aromatic rings. The molecule has 0 radical (unpaired) electrons. The fraction of sp³-hybridized carbons (Fsp3) is 0.481. The average Bonchev–Trinajstić information content (AvgIpc) is 3.36. The van der Waals surface area contributed by atoms with Crippen LogP contribution in [0.2, 0.25) is 18.1 Å². The van der Waals surface area contributed by atoms with E-state index in [2.05, 4.69) is 66.6 Å². The number of pyridine rings is 1. The van der Waals surface area contributed by atoms with Crippen LogP contribution in [-0.2, 0) is 17.4 Å². The molecule has 2 N–H and O–H groups in total. The van der Waals surface area contributed by atoms with E-state index in [1.54, 1.807) is 19.5 Å². The summed E-state index contributed by atoms with van der Waals surface area (Å²) in [6, 6.07) is 9.36. The lowest BCUT2D eigenvalue weighted by atomic mass is 9.97. The monoisotopic (exact) mass is 522 g/mol. The molecule has 4 rings (SSSR count). The van der Waals surface area contributed by atoms with Crippen LogP contribution in [0.15, 0.2) is 36.7 Å². The van der Waals surface area contributed by atoms with Gasteiger partial charge in [-0.15, -0.1) is 10.2 Å². The standard InChI is InChI=1S/C27H38N6O3Si/c1-18(16-36-37(6,7)27(2,3)4)33-17-29-32-25(33)22-9-8-10-24(30-22)31-26(34)21-13-20-15-28-12-11-19(20)14-23(21)35-5/h8-10,13-14,17-18,28H,11-12,15-16H2,1-7H3,(H,30,31,34)/t18-/m1/s1.